The van der Waals surface area contributed by atoms with Gasteiger partial charge in [-0.05, 0) is 59.7 Å². The Kier molecular flexibility index (Phi) is 9.33. The zero-order valence-electron chi connectivity index (χ0n) is 31.1. The number of amides is 2. The number of nitrogens with zero attached hydrogens (tertiary/aromatic N) is 4. The second-order valence-electron chi connectivity index (χ2n) is 13.6. The summed E-state index contributed by atoms with van der Waals surface area (Å²) in [5, 5.41) is 7.66. The average Bonchev–Trinajstić information content (AvgIpc) is 4.07. The second kappa shape index (κ2) is 15.4. The standard InChI is InChI=1S/C48H31N7O2S2/c56-45(31-21-9-3-10-22-31)54-43-39(47-49-33-25-13-15-27-35(33)58-47)37(29-17-5-1-6-18-29)41(52-43)51-42-38(30-19-7-2-8-20-30)40(48-50-34-26-14-16-28-36(34)59-48)44(53-42)55-46(57)32-23-11-4-12-24-32/h1-28,52H,(H,54,56)(H,51,53,55,57). The highest BCUT2D eigenvalue weighted by Crippen LogP contribution is 2.48. The van der Waals surface area contributed by atoms with Gasteiger partial charge >= 0.3 is 0 Å². The lowest BCUT2D eigenvalue weighted by atomic mass is 10.00. The predicted molar refractivity (Wildman–Crippen MR) is 241 cm³/mol. The molecular weight excluding hydrogens is 771 g/mol. The van der Waals surface area contributed by atoms with Gasteiger partial charge in [-0.15, -0.1) is 22.7 Å². The minimum absolute atomic E-state index is 0.291. The number of aromatic nitrogens is 3. The third kappa shape index (κ3) is 6.94. The number of benzene rings is 6. The molecule has 9 aromatic rings. The van der Waals surface area contributed by atoms with Gasteiger partial charge in [-0.2, -0.15) is 0 Å². The van der Waals surface area contributed by atoms with Crippen LogP contribution in [0.3, 0.4) is 0 Å². The number of carbonyl (C=O) groups excluding carboxylic acids is 2. The van der Waals surface area contributed by atoms with E-state index in [9.17, 15) is 9.59 Å². The Bertz CT molecular complexity index is 3070. The molecule has 0 fully saturated rings. The first-order chi connectivity index (χ1) is 29.1. The minimum Gasteiger partial charge on any atom is -0.325 e. The summed E-state index contributed by atoms with van der Waals surface area (Å²) in [6, 6.07) is 53.8. The van der Waals surface area contributed by atoms with Crippen molar-refractivity contribution in [1.29, 1.82) is 0 Å². The van der Waals surface area contributed by atoms with Gasteiger partial charge in [-0.1, -0.05) is 121 Å². The van der Waals surface area contributed by atoms with Crippen molar-refractivity contribution in [2.45, 2.75) is 0 Å². The Morgan fingerprint density at radius 2 is 1.00 bits per heavy atom. The van der Waals surface area contributed by atoms with E-state index in [1.54, 1.807) is 24.3 Å². The number of para-hydroxylation sites is 2. The lowest BCUT2D eigenvalue weighted by Crippen LogP contribution is -2.30. The van der Waals surface area contributed by atoms with Gasteiger partial charge in [0, 0.05) is 22.3 Å². The van der Waals surface area contributed by atoms with Gasteiger partial charge in [0.15, 0.2) is 5.84 Å². The molecule has 0 saturated heterocycles. The van der Waals surface area contributed by atoms with Crippen molar-refractivity contribution in [3.63, 3.8) is 0 Å². The molecule has 0 aliphatic carbocycles. The first-order valence-corrected chi connectivity index (χ1v) is 20.4. The normalized spacial score (nSPS) is 13.3. The summed E-state index contributed by atoms with van der Waals surface area (Å²) in [7, 11) is 0. The fraction of sp³-hybridized carbons (Fsp3) is 0. The van der Waals surface area contributed by atoms with Crippen LogP contribution in [0.1, 0.15) is 31.3 Å². The summed E-state index contributed by atoms with van der Waals surface area (Å²) in [6.07, 6.45) is 0. The predicted octanol–water partition coefficient (Wildman–Crippen LogP) is 11.3. The highest BCUT2D eigenvalue weighted by molar-refractivity contribution is 7.21. The highest BCUT2D eigenvalue weighted by Gasteiger charge is 2.33. The number of hydrogen-bond acceptors (Lipinski definition) is 7. The molecule has 1 aliphatic heterocycles. The minimum atomic E-state index is -0.314. The molecule has 1 aliphatic rings. The van der Waals surface area contributed by atoms with E-state index < -0.39 is 0 Å². The number of amidine groups is 2. The van der Waals surface area contributed by atoms with Crippen LogP contribution in [0, 0.1) is 0 Å². The number of aliphatic imine (C=N–C) groups is 2. The molecule has 10 rings (SSSR count). The quantitative estimate of drug-likeness (QED) is 0.141. The fourth-order valence-corrected chi connectivity index (χ4v) is 9.12. The van der Waals surface area contributed by atoms with E-state index in [4.69, 9.17) is 20.0 Å². The number of carbonyl (C=O) groups is 2. The topological polar surface area (TPSA) is 124 Å². The zero-order valence-corrected chi connectivity index (χ0v) is 32.7. The summed E-state index contributed by atoms with van der Waals surface area (Å²) < 4.78 is 2.00. The van der Waals surface area contributed by atoms with Gasteiger partial charge in [-0.25, -0.2) is 20.0 Å². The molecule has 0 saturated carbocycles. The van der Waals surface area contributed by atoms with E-state index in [1.807, 2.05) is 146 Å². The zero-order chi connectivity index (χ0) is 39.7. The molecule has 6 aromatic carbocycles. The van der Waals surface area contributed by atoms with Crippen LogP contribution in [-0.2, 0) is 0 Å². The van der Waals surface area contributed by atoms with Crippen molar-refractivity contribution >= 4 is 89.4 Å². The van der Waals surface area contributed by atoms with Crippen LogP contribution in [0.5, 0.6) is 0 Å². The van der Waals surface area contributed by atoms with Gasteiger partial charge in [-0.3, -0.25) is 9.59 Å². The van der Waals surface area contributed by atoms with Gasteiger partial charge in [0.25, 0.3) is 11.8 Å². The van der Waals surface area contributed by atoms with Crippen LogP contribution >= 0.6 is 22.7 Å². The Hall–Kier alpha value is -7.60. The second-order valence-corrected chi connectivity index (χ2v) is 15.7. The lowest BCUT2D eigenvalue weighted by molar-refractivity contribution is 0.0976. The molecule has 9 nitrogen and oxygen atoms in total. The van der Waals surface area contributed by atoms with Crippen molar-refractivity contribution in [1.82, 2.24) is 20.3 Å². The monoisotopic (exact) mass is 801 g/mol. The summed E-state index contributed by atoms with van der Waals surface area (Å²) >= 11 is 3.05. The first-order valence-electron chi connectivity index (χ1n) is 18.8. The summed E-state index contributed by atoms with van der Waals surface area (Å²) in [5.41, 5.74) is 7.12. The smallest absolute Gasteiger partial charge is 0.256 e. The third-order valence-electron chi connectivity index (χ3n) is 9.81. The van der Waals surface area contributed by atoms with Crippen LogP contribution in [0.15, 0.2) is 180 Å². The van der Waals surface area contributed by atoms with Crippen LogP contribution in [0.4, 0.5) is 11.6 Å². The molecule has 0 bridgehead atoms. The van der Waals surface area contributed by atoms with E-state index in [-0.39, 0.29) is 11.8 Å². The number of nitrogens with one attached hydrogen (secondary N) is 3. The maximum Gasteiger partial charge on any atom is 0.256 e. The molecule has 3 N–H and O–H groups in total. The SMILES string of the molecule is O=C(NC1=NC(=Nc2[nH]c(NC(=O)c3ccccc3)c(-c3nc4ccccc4s3)c2-c2ccccc2)C(c2ccccc2)=C1c1nc2ccccc2s1)c1ccccc1. The average molecular weight is 802 g/mol. The molecule has 11 heteroatoms. The number of thiazole rings is 2. The van der Waals surface area contributed by atoms with Gasteiger partial charge < -0.3 is 15.6 Å². The largest absolute Gasteiger partial charge is 0.325 e. The van der Waals surface area contributed by atoms with Gasteiger partial charge in [0.1, 0.15) is 27.5 Å². The Labute approximate surface area is 346 Å². The molecule has 0 unspecified atom stereocenters. The first kappa shape index (κ1) is 35.8. The van der Waals surface area contributed by atoms with Gasteiger partial charge in [0.05, 0.1) is 31.6 Å². The summed E-state index contributed by atoms with van der Waals surface area (Å²) in [6.45, 7) is 0. The fourth-order valence-electron chi connectivity index (χ4n) is 7.08. The molecule has 0 atom stereocenters. The van der Waals surface area contributed by atoms with Crippen molar-refractivity contribution in [2.24, 2.45) is 9.98 Å². The molecule has 2 amide bonds. The van der Waals surface area contributed by atoms with E-state index >= 15 is 0 Å². The number of H-pyrrole nitrogens is 1. The number of rotatable bonds is 8. The molecule has 0 spiro atoms. The summed E-state index contributed by atoms with van der Waals surface area (Å²) in [4.78, 5) is 51.9. The van der Waals surface area contributed by atoms with E-state index in [1.165, 1.54) is 22.7 Å². The maximum atomic E-state index is 13.9. The lowest BCUT2D eigenvalue weighted by Gasteiger charge is -2.10. The Morgan fingerprint density at radius 3 is 1.59 bits per heavy atom. The Morgan fingerprint density at radius 1 is 0.508 bits per heavy atom. The Balaban J connectivity index is 1.23. The van der Waals surface area contributed by atoms with Crippen molar-refractivity contribution in [3.8, 4) is 21.7 Å². The number of hydrogen-bond donors (Lipinski definition) is 3. The van der Waals surface area contributed by atoms with E-state index in [2.05, 4.69) is 15.6 Å². The maximum absolute atomic E-state index is 13.9. The molecule has 282 valence electrons. The van der Waals surface area contributed by atoms with Crippen LogP contribution in [0.2, 0.25) is 0 Å². The third-order valence-corrected chi connectivity index (χ3v) is 11.9. The van der Waals surface area contributed by atoms with Crippen LogP contribution in [-0.4, -0.2) is 38.4 Å². The number of fused-ring (bicyclic) bond motifs is 2. The van der Waals surface area contributed by atoms with Crippen LogP contribution < -0.4 is 10.6 Å². The van der Waals surface area contributed by atoms with Crippen molar-refractivity contribution in [2.75, 3.05) is 5.32 Å². The van der Waals surface area contributed by atoms with E-state index in [0.29, 0.717) is 61.2 Å². The van der Waals surface area contributed by atoms with Crippen molar-refractivity contribution < 1.29 is 9.59 Å². The van der Waals surface area contributed by atoms with Gasteiger partial charge in [0.2, 0.25) is 0 Å². The molecule has 4 heterocycles. The summed E-state index contributed by atoms with van der Waals surface area (Å²) in [5.74, 6) is 0.954. The van der Waals surface area contributed by atoms with Crippen LogP contribution in [0.25, 0.3) is 53.3 Å². The number of anilines is 1. The number of aromatic amines is 1. The van der Waals surface area contributed by atoms with E-state index in [0.717, 1.165) is 37.1 Å². The molecular formula is C48H31N7O2S2. The highest BCUT2D eigenvalue weighted by atomic mass is 32.1. The molecule has 3 aromatic heterocycles. The van der Waals surface area contributed by atoms with Crippen molar-refractivity contribution in [3.05, 3.63) is 192 Å². The molecule has 59 heavy (non-hydrogen) atoms. The molecule has 0 radical (unpaired) electrons.